The lowest BCUT2D eigenvalue weighted by Gasteiger charge is -2.09. The molecule has 0 unspecified atom stereocenters. The van der Waals surface area contributed by atoms with Gasteiger partial charge in [-0.3, -0.25) is 9.32 Å². The zero-order valence-corrected chi connectivity index (χ0v) is 11.2. The number of halogens is 3. The topological polar surface area (TPSA) is 105 Å². The Morgan fingerprint density at radius 3 is 2.29 bits per heavy atom. The molecule has 118 valence electrons. The Kier molecular flexibility index (Phi) is 5.73. The molecule has 0 heterocycles. The molecule has 0 saturated carbocycles. The van der Waals surface area contributed by atoms with Crippen molar-refractivity contribution in [3.8, 4) is 5.75 Å². The number of carbonyl (C=O) groups is 1. The van der Waals surface area contributed by atoms with Gasteiger partial charge in [0.2, 0.25) is 0 Å². The van der Waals surface area contributed by atoms with Crippen LogP contribution in [0.1, 0.15) is 10.4 Å². The van der Waals surface area contributed by atoms with Crippen molar-refractivity contribution in [3.05, 3.63) is 29.8 Å². The normalized spacial score (nSPS) is 12.0. The highest BCUT2D eigenvalue weighted by molar-refractivity contribution is 7.46. The van der Waals surface area contributed by atoms with Crippen molar-refractivity contribution in [2.45, 2.75) is 6.36 Å². The first kappa shape index (κ1) is 17.4. The lowest BCUT2D eigenvalue weighted by atomic mass is 10.2. The number of alkyl halides is 3. The lowest BCUT2D eigenvalue weighted by Crippen LogP contribution is -2.27. The summed E-state index contributed by atoms with van der Waals surface area (Å²) in [4.78, 5) is 28.3. The molecule has 0 aliphatic heterocycles. The van der Waals surface area contributed by atoms with E-state index < -0.39 is 32.4 Å². The first-order valence-corrected chi connectivity index (χ1v) is 6.94. The Morgan fingerprint density at radius 2 is 1.81 bits per heavy atom. The first-order chi connectivity index (χ1) is 9.57. The number of amides is 1. The molecule has 1 amide bonds. The quantitative estimate of drug-likeness (QED) is 0.538. The minimum absolute atomic E-state index is 0.0562. The van der Waals surface area contributed by atoms with Crippen LogP contribution >= 0.6 is 7.82 Å². The standard InChI is InChI=1S/C10H11F3NO6P/c11-10(12,13)20-8-3-1-7(2-4-8)9(15)14-5-6-19-21(16,17)18/h1-4H,5-6H2,(H,14,15)(H2,16,17,18). The summed E-state index contributed by atoms with van der Waals surface area (Å²) in [6.07, 6.45) is -4.82. The molecule has 0 spiro atoms. The number of phosphoric ester groups is 1. The molecule has 7 nitrogen and oxygen atoms in total. The summed E-state index contributed by atoms with van der Waals surface area (Å²) in [5.74, 6) is -1.10. The number of ether oxygens (including phenoxy) is 1. The van der Waals surface area contributed by atoms with Gasteiger partial charge in [-0.2, -0.15) is 0 Å². The number of rotatable bonds is 6. The smallest absolute Gasteiger partial charge is 0.406 e. The van der Waals surface area contributed by atoms with Crippen LogP contribution in [0, 0.1) is 0 Å². The molecule has 11 heteroatoms. The molecule has 0 aromatic heterocycles. The van der Waals surface area contributed by atoms with Gasteiger partial charge in [0.15, 0.2) is 0 Å². The monoisotopic (exact) mass is 329 g/mol. The van der Waals surface area contributed by atoms with Crippen LogP contribution in [0.3, 0.4) is 0 Å². The maximum Gasteiger partial charge on any atom is 0.573 e. The van der Waals surface area contributed by atoms with Gasteiger partial charge in [-0.25, -0.2) is 4.57 Å². The van der Waals surface area contributed by atoms with E-state index in [1.54, 1.807) is 0 Å². The van der Waals surface area contributed by atoms with Crippen molar-refractivity contribution in [2.75, 3.05) is 13.2 Å². The first-order valence-electron chi connectivity index (χ1n) is 5.41. The van der Waals surface area contributed by atoms with E-state index in [0.29, 0.717) is 0 Å². The number of phosphoric acid groups is 1. The second kappa shape index (κ2) is 6.90. The van der Waals surface area contributed by atoms with E-state index in [0.717, 1.165) is 24.3 Å². The molecule has 0 aliphatic carbocycles. The number of hydrogen-bond donors (Lipinski definition) is 3. The molecule has 1 aromatic rings. The van der Waals surface area contributed by atoms with E-state index in [1.165, 1.54) is 0 Å². The largest absolute Gasteiger partial charge is 0.573 e. The summed E-state index contributed by atoms with van der Waals surface area (Å²) in [5, 5.41) is 2.27. The van der Waals surface area contributed by atoms with Gasteiger partial charge in [-0.15, -0.1) is 13.2 Å². The van der Waals surface area contributed by atoms with Gasteiger partial charge in [0.05, 0.1) is 6.61 Å². The maximum atomic E-state index is 11.9. The summed E-state index contributed by atoms with van der Waals surface area (Å²) < 4.78 is 53.9. The van der Waals surface area contributed by atoms with Crippen LogP contribution in [0.2, 0.25) is 0 Å². The van der Waals surface area contributed by atoms with Crippen molar-refractivity contribution >= 4 is 13.7 Å². The van der Waals surface area contributed by atoms with Gasteiger partial charge in [-0.1, -0.05) is 0 Å². The second-order valence-corrected chi connectivity index (χ2v) is 4.89. The molecule has 21 heavy (non-hydrogen) atoms. The van der Waals surface area contributed by atoms with E-state index in [1.807, 2.05) is 0 Å². The zero-order valence-electron chi connectivity index (χ0n) is 10.3. The van der Waals surface area contributed by atoms with Crippen LogP contribution in [0.4, 0.5) is 13.2 Å². The minimum atomic E-state index is -4.82. The van der Waals surface area contributed by atoms with Crippen LogP contribution in [0.5, 0.6) is 5.75 Å². The lowest BCUT2D eigenvalue weighted by molar-refractivity contribution is -0.274. The molecule has 0 fully saturated rings. The summed E-state index contributed by atoms with van der Waals surface area (Å²) in [5.41, 5.74) is 0.0562. The number of hydrogen-bond acceptors (Lipinski definition) is 4. The van der Waals surface area contributed by atoms with Gasteiger partial charge >= 0.3 is 14.2 Å². The van der Waals surface area contributed by atoms with Gasteiger partial charge in [0, 0.05) is 12.1 Å². The number of nitrogens with one attached hydrogen (secondary N) is 1. The summed E-state index contributed by atoms with van der Waals surface area (Å²) in [6, 6.07) is 4.16. The van der Waals surface area contributed by atoms with Crippen molar-refractivity contribution in [1.82, 2.24) is 5.32 Å². The SMILES string of the molecule is O=C(NCCOP(=O)(O)O)c1ccc(OC(F)(F)F)cc1. The third-order valence-electron chi connectivity index (χ3n) is 2.00. The van der Waals surface area contributed by atoms with Crippen molar-refractivity contribution in [3.63, 3.8) is 0 Å². The molecule has 1 rings (SSSR count). The third kappa shape index (κ3) is 7.66. The van der Waals surface area contributed by atoms with Gasteiger partial charge in [-0.05, 0) is 24.3 Å². The molecular weight excluding hydrogens is 318 g/mol. The van der Waals surface area contributed by atoms with Crippen LogP contribution in [0.25, 0.3) is 0 Å². The highest BCUT2D eigenvalue weighted by Gasteiger charge is 2.31. The van der Waals surface area contributed by atoms with Gasteiger partial charge in [0.1, 0.15) is 5.75 Å². The van der Waals surface area contributed by atoms with E-state index in [4.69, 9.17) is 9.79 Å². The molecule has 0 radical (unpaired) electrons. The molecular formula is C10H11F3NO6P. The Hall–Kier alpha value is -1.61. The van der Waals surface area contributed by atoms with Crippen LogP contribution in [-0.2, 0) is 9.09 Å². The van der Waals surface area contributed by atoms with E-state index in [9.17, 15) is 22.5 Å². The predicted molar refractivity (Wildman–Crippen MR) is 63.5 cm³/mol. The fraction of sp³-hybridized carbons (Fsp3) is 0.300. The predicted octanol–water partition coefficient (Wildman–Crippen LogP) is 1.42. The average Bonchev–Trinajstić information content (AvgIpc) is 2.32. The zero-order chi connectivity index (χ0) is 16.1. The average molecular weight is 329 g/mol. The fourth-order valence-corrected chi connectivity index (χ4v) is 1.57. The highest BCUT2D eigenvalue weighted by Crippen LogP contribution is 2.35. The Labute approximate surface area is 116 Å². The summed E-state index contributed by atoms with van der Waals surface area (Å²) >= 11 is 0. The van der Waals surface area contributed by atoms with Crippen LogP contribution in [0.15, 0.2) is 24.3 Å². The van der Waals surface area contributed by atoms with Crippen molar-refractivity contribution < 1.29 is 41.6 Å². The van der Waals surface area contributed by atoms with Crippen molar-refractivity contribution in [2.24, 2.45) is 0 Å². The second-order valence-electron chi connectivity index (χ2n) is 3.65. The van der Waals surface area contributed by atoms with Crippen LogP contribution < -0.4 is 10.1 Å². The molecule has 0 bridgehead atoms. The van der Waals surface area contributed by atoms with Crippen molar-refractivity contribution in [1.29, 1.82) is 0 Å². The van der Waals surface area contributed by atoms with Gasteiger partial charge < -0.3 is 19.8 Å². The van der Waals surface area contributed by atoms with Crippen LogP contribution in [-0.4, -0.2) is 35.2 Å². The number of carbonyl (C=O) groups excluding carboxylic acids is 1. The molecule has 3 N–H and O–H groups in total. The molecule has 1 aromatic carbocycles. The Morgan fingerprint density at radius 1 is 1.24 bits per heavy atom. The van der Waals surface area contributed by atoms with E-state index >= 15 is 0 Å². The minimum Gasteiger partial charge on any atom is -0.406 e. The highest BCUT2D eigenvalue weighted by atomic mass is 31.2. The summed E-state index contributed by atoms with van der Waals surface area (Å²) in [7, 11) is -4.60. The van der Waals surface area contributed by atoms with E-state index in [-0.39, 0.29) is 12.1 Å². The summed E-state index contributed by atoms with van der Waals surface area (Å²) in [6.45, 7) is -0.587. The third-order valence-corrected chi connectivity index (χ3v) is 2.52. The fourth-order valence-electron chi connectivity index (χ4n) is 1.24. The Bertz CT molecular complexity index is 527. The van der Waals surface area contributed by atoms with Gasteiger partial charge in [0.25, 0.3) is 5.91 Å². The molecule has 0 atom stereocenters. The molecule has 0 aliphatic rings. The molecule has 0 saturated heterocycles. The Balaban J connectivity index is 2.46. The van der Waals surface area contributed by atoms with E-state index in [2.05, 4.69) is 14.6 Å². The number of benzene rings is 1. The maximum absolute atomic E-state index is 11.9.